The van der Waals surface area contributed by atoms with Gasteiger partial charge < -0.3 is 4.74 Å². The molecule has 0 bridgehead atoms. The Kier molecular flexibility index (Phi) is 4.57. The number of benzene rings is 1. The monoisotopic (exact) mass is 339 g/mol. The van der Waals surface area contributed by atoms with Crippen molar-refractivity contribution < 1.29 is 9.53 Å². The maximum atomic E-state index is 12.3. The number of rotatable bonds is 4. The van der Waals surface area contributed by atoms with E-state index >= 15 is 0 Å². The maximum Gasteiger partial charge on any atom is 0.323 e. The summed E-state index contributed by atoms with van der Waals surface area (Å²) in [5, 5.41) is 4.26. The molecule has 2 aromatic rings. The third-order valence-corrected chi connectivity index (χ3v) is 5.76. The predicted octanol–water partition coefficient (Wildman–Crippen LogP) is 3.18. The predicted molar refractivity (Wildman–Crippen MR) is 95.3 cm³/mol. The second-order valence-corrected chi connectivity index (χ2v) is 7.18. The highest BCUT2D eigenvalue weighted by atomic mass is 16.5. The summed E-state index contributed by atoms with van der Waals surface area (Å²) in [4.78, 5) is 14.7. The fourth-order valence-corrected chi connectivity index (χ4v) is 4.53. The number of hydrogen-bond acceptors (Lipinski definition) is 4. The molecule has 2 aliphatic rings. The molecule has 5 heteroatoms. The second-order valence-electron chi connectivity index (χ2n) is 7.18. The molecule has 2 fully saturated rings. The van der Waals surface area contributed by atoms with Gasteiger partial charge in [0.05, 0.1) is 12.8 Å². The molecule has 3 unspecified atom stereocenters. The molecule has 3 atom stereocenters. The van der Waals surface area contributed by atoms with Crippen LogP contribution in [0.5, 0.6) is 0 Å². The summed E-state index contributed by atoms with van der Waals surface area (Å²) in [6.07, 6.45) is 9.67. The lowest BCUT2D eigenvalue weighted by atomic mass is 9.84. The Hall–Kier alpha value is -2.14. The molecular weight excluding hydrogens is 314 g/mol. The average Bonchev–Trinajstić information content (AvgIpc) is 3.30. The Morgan fingerprint density at radius 3 is 2.76 bits per heavy atom. The van der Waals surface area contributed by atoms with Crippen LogP contribution in [-0.4, -0.2) is 39.8 Å². The molecule has 5 nitrogen and oxygen atoms in total. The second kappa shape index (κ2) is 7.00. The van der Waals surface area contributed by atoms with Crippen LogP contribution < -0.4 is 0 Å². The van der Waals surface area contributed by atoms with Crippen molar-refractivity contribution in [1.29, 1.82) is 0 Å². The van der Waals surface area contributed by atoms with E-state index in [2.05, 4.69) is 34.3 Å². The first-order chi connectivity index (χ1) is 12.3. The summed E-state index contributed by atoms with van der Waals surface area (Å²) in [5.74, 6) is 0.559. The zero-order valence-corrected chi connectivity index (χ0v) is 14.7. The fraction of sp³-hybridized carbons (Fsp3) is 0.500. The minimum Gasteiger partial charge on any atom is -0.468 e. The van der Waals surface area contributed by atoms with E-state index < -0.39 is 0 Å². The van der Waals surface area contributed by atoms with Crippen LogP contribution >= 0.6 is 0 Å². The summed E-state index contributed by atoms with van der Waals surface area (Å²) in [6.45, 7) is 0.806. The molecule has 1 saturated heterocycles. The van der Waals surface area contributed by atoms with Crippen molar-refractivity contribution in [2.24, 2.45) is 5.92 Å². The van der Waals surface area contributed by atoms with E-state index in [9.17, 15) is 4.79 Å². The Morgan fingerprint density at radius 2 is 2.04 bits per heavy atom. The van der Waals surface area contributed by atoms with Crippen LogP contribution in [0.1, 0.15) is 37.7 Å². The number of likely N-dealkylation sites (tertiary alicyclic amines) is 1. The van der Waals surface area contributed by atoms with Crippen LogP contribution in [0.4, 0.5) is 0 Å². The van der Waals surface area contributed by atoms with Gasteiger partial charge in [0.15, 0.2) is 0 Å². The number of carbonyl (C=O) groups is 1. The molecule has 0 N–H and O–H groups in total. The Morgan fingerprint density at radius 1 is 1.24 bits per heavy atom. The van der Waals surface area contributed by atoms with Crippen molar-refractivity contribution in [2.75, 3.05) is 7.11 Å². The highest BCUT2D eigenvalue weighted by Gasteiger charge is 2.45. The molecule has 1 aromatic carbocycles. The zero-order valence-electron chi connectivity index (χ0n) is 14.7. The van der Waals surface area contributed by atoms with Gasteiger partial charge in [0.25, 0.3) is 0 Å². The largest absolute Gasteiger partial charge is 0.468 e. The number of nitrogens with zero attached hydrogens (tertiary/aromatic N) is 3. The molecule has 4 rings (SSSR count). The smallest absolute Gasteiger partial charge is 0.323 e. The van der Waals surface area contributed by atoms with E-state index in [0.29, 0.717) is 12.0 Å². The molecule has 1 saturated carbocycles. The number of esters is 1. The molecule has 1 aromatic heterocycles. The van der Waals surface area contributed by atoms with Crippen LogP contribution in [0.15, 0.2) is 42.7 Å². The van der Waals surface area contributed by atoms with Gasteiger partial charge in [-0.1, -0.05) is 25.0 Å². The minimum atomic E-state index is -0.0936. The molecule has 0 radical (unpaired) electrons. The molecule has 0 spiro atoms. The van der Waals surface area contributed by atoms with E-state index in [0.717, 1.165) is 18.7 Å². The van der Waals surface area contributed by atoms with E-state index in [1.807, 2.05) is 16.9 Å². The zero-order chi connectivity index (χ0) is 17.2. The molecule has 25 heavy (non-hydrogen) atoms. The molecule has 1 aliphatic heterocycles. The van der Waals surface area contributed by atoms with Crippen molar-refractivity contribution >= 4 is 5.97 Å². The number of fused-ring (bicyclic) bond motifs is 1. The maximum absolute atomic E-state index is 12.3. The van der Waals surface area contributed by atoms with Crippen molar-refractivity contribution in [2.45, 2.75) is 50.7 Å². The number of ether oxygens (including phenoxy) is 1. The van der Waals surface area contributed by atoms with E-state index in [1.165, 1.54) is 38.4 Å². The Balaban J connectivity index is 1.53. The van der Waals surface area contributed by atoms with Crippen molar-refractivity contribution in [1.82, 2.24) is 14.7 Å². The molecule has 1 aliphatic carbocycles. The van der Waals surface area contributed by atoms with Gasteiger partial charge in [-0.25, -0.2) is 4.68 Å². The first kappa shape index (κ1) is 16.3. The van der Waals surface area contributed by atoms with Crippen molar-refractivity contribution in [3.8, 4) is 5.69 Å². The summed E-state index contributed by atoms with van der Waals surface area (Å²) in [5.41, 5.74) is 2.28. The van der Waals surface area contributed by atoms with Gasteiger partial charge in [-0.2, -0.15) is 5.10 Å². The topological polar surface area (TPSA) is 47.4 Å². The summed E-state index contributed by atoms with van der Waals surface area (Å²) >= 11 is 0. The van der Waals surface area contributed by atoms with Gasteiger partial charge in [0, 0.05) is 25.0 Å². The number of aromatic nitrogens is 2. The van der Waals surface area contributed by atoms with E-state index in [-0.39, 0.29) is 12.0 Å². The van der Waals surface area contributed by atoms with Crippen LogP contribution in [0.3, 0.4) is 0 Å². The van der Waals surface area contributed by atoms with E-state index in [1.54, 1.807) is 6.20 Å². The molecular formula is C20H25N3O2. The first-order valence-corrected chi connectivity index (χ1v) is 9.19. The lowest BCUT2D eigenvalue weighted by Crippen LogP contribution is -2.42. The fourth-order valence-electron chi connectivity index (χ4n) is 4.53. The third-order valence-electron chi connectivity index (χ3n) is 5.76. The summed E-state index contributed by atoms with van der Waals surface area (Å²) in [6, 6.07) is 10.8. The lowest BCUT2D eigenvalue weighted by molar-refractivity contribution is -0.146. The minimum absolute atomic E-state index is 0.0810. The van der Waals surface area contributed by atoms with Gasteiger partial charge in [0.1, 0.15) is 6.04 Å². The Labute approximate surface area is 148 Å². The van der Waals surface area contributed by atoms with Crippen LogP contribution in [-0.2, 0) is 16.1 Å². The summed E-state index contributed by atoms with van der Waals surface area (Å²) in [7, 11) is 1.50. The molecule has 0 amide bonds. The van der Waals surface area contributed by atoms with E-state index in [4.69, 9.17) is 4.74 Å². The average molecular weight is 339 g/mol. The highest BCUT2D eigenvalue weighted by molar-refractivity contribution is 5.76. The SMILES string of the molecule is COC(=O)C1CC2CCCCC2N1Cc1ccc(-n2cccn2)cc1. The van der Waals surface area contributed by atoms with Crippen LogP contribution in [0.2, 0.25) is 0 Å². The normalized spacial score (nSPS) is 26.4. The van der Waals surface area contributed by atoms with Gasteiger partial charge in [0.2, 0.25) is 0 Å². The van der Waals surface area contributed by atoms with Crippen LogP contribution in [0.25, 0.3) is 5.69 Å². The Bertz CT molecular complexity index is 711. The van der Waals surface area contributed by atoms with Gasteiger partial charge in [-0.15, -0.1) is 0 Å². The third kappa shape index (κ3) is 3.21. The molecule has 2 heterocycles. The van der Waals surface area contributed by atoms with Gasteiger partial charge >= 0.3 is 5.97 Å². The van der Waals surface area contributed by atoms with Gasteiger partial charge in [-0.3, -0.25) is 9.69 Å². The summed E-state index contributed by atoms with van der Waals surface area (Å²) < 4.78 is 6.94. The number of hydrogen-bond donors (Lipinski definition) is 0. The lowest BCUT2D eigenvalue weighted by Gasteiger charge is -2.33. The van der Waals surface area contributed by atoms with Gasteiger partial charge in [-0.05, 0) is 48.9 Å². The van der Waals surface area contributed by atoms with Crippen molar-refractivity contribution in [3.63, 3.8) is 0 Å². The standard InChI is InChI=1S/C20H25N3O2/c1-25-20(24)19-13-16-5-2-3-6-18(16)22(19)14-15-7-9-17(10-8-15)23-12-4-11-21-23/h4,7-12,16,18-19H,2-3,5-6,13-14H2,1H3. The number of methoxy groups -OCH3 is 1. The van der Waals surface area contributed by atoms with Crippen LogP contribution in [0, 0.1) is 5.92 Å². The molecule has 132 valence electrons. The number of carbonyl (C=O) groups excluding carboxylic acids is 1. The highest BCUT2D eigenvalue weighted by Crippen LogP contribution is 2.40. The van der Waals surface area contributed by atoms with Crippen molar-refractivity contribution in [3.05, 3.63) is 48.3 Å². The first-order valence-electron chi connectivity index (χ1n) is 9.19. The quantitative estimate of drug-likeness (QED) is 0.803.